The van der Waals surface area contributed by atoms with Crippen LogP contribution in [0.5, 0.6) is 0 Å². The molecule has 9 heteroatoms. The van der Waals surface area contributed by atoms with Gasteiger partial charge in [-0.15, -0.1) is 0 Å². The maximum Gasteiger partial charge on any atom is 0.338 e. The van der Waals surface area contributed by atoms with Crippen LogP contribution in [0.25, 0.3) is 0 Å². The maximum atomic E-state index is 13.2. The molecule has 0 bridgehead atoms. The second-order valence-electron chi connectivity index (χ2n) is 9.12. The van der Waals surface area contributed by atoms with Crippen LogP contribution in [0.2, 0.25) is 0 Å². The number of benzene rings is 3. The molecule has 38 heavy (non-hydrogen) atoms. The van der Waals surface area contributed by atoms with Gasteiger partial charge in [-0.1, -0.05) is 41.4 Å². The minimum atomic E-state index is -0.629. The van der Waals surface area contributed by atoms with E-state index in [1.807, 2.05) is 26.0 Å². The molecule has 1 aliphatic rings. The minimum Gasteiger partial charge on any atom is -0.459 e. The van der Waals surface area contributed by atoms with E-state index in [1.54, 1.807) is 56.3 Å². The Kier molecular flexibility index (Phi) is 7.64. The standard InChI is InChI=1S/C29H26ClN3O5/c1-16(2)38-29(37)20-8-6-10-22(15-20)32-26(34)19-7-5-9-21(14-19)31-25-24(30)27(35)33(28(25)36)23-12-11-17(3)13-18(23)4/h5-16,31H,1-4H3,(H,32,34). The Labute approximate surface area is 225 Å². The Morgan fingerprint density at radius 3 is 2.21 bits per heavy atom. The van der Waals surface area contributed by atoms with Gasteiger partial charge in [0.15, 0.2) is 0 Å². The highest BCUT2D eigenvalue weighted by Crippen LogP contribution is 2.32. The first-order chi connectivity index (χ1) is 18.0. The number of esters is 1. The van der Waals surface area contributed by atoms with Crippen molar-refractivity contribution in [1.29, 1.82) is 0 Å². The number of ether oxygens (including phenoxy) is 1. The van der Waals surface area contributed by atoms with Gasteiger partial charge in [0.25, 0.3) is 17.7 Å². The minimum absolute atomic E-state index is 0.0782. The Morgan fingerprint density at radius 2 is 1.53 bits per heavy atom. The second kappa shape index (κ2) is 10.9. The van der Waals surface area contributed by atoms with Gasteiger partial charge in [0.2, 0.25) is 0 Å². The molecule has 1 aliphatic heterocycles. The molecular formula is C29H26ClN3O5. The summed E-state index contributed by atoms with van der Waals surface area (Å²) in [6.07, 6.45) is -0.269. The van der Waals surface area contributed by atoms with Crippen LogP contribution in [0, 0.1) is 13.8 Å². The molecule has 0 saturated carbocycles. The average Bonchev–Trinajstić information content (AvgIpc) is 3.07. The van der Waals surface area contributed by atoms with E-state index in [-0.39, 0.29) is 22.4 Å². The number of amides is 3. The van der Waals surface area contributed by atoms with Gasteiger partial charge in [-0.25, -0.2) is 9.69 Å². The summed E-state index contributed by atoms with van der Waals surface area (Å²) in [5.74, 6) is -2.14. The Hall–Kier alpha value is -4.43. The van der Waals surface area contributed by atoms with Gasteiger partial charge in [-0.3, -0.25) is 14.4 Å². The first-order valence-electron chi connectivity index (χ1n) is 11.9. The number of aryl methyl sites for hydroxylation is 2. The zero-order valence-electron chi connectivity index (χ0n) is 21.3. The highest BCUT2D eigenvalue weighted by atomic mass is 35.5. The number of halogens is 1. The van der Waals surface area contributed by atoms with Crippen LogP contribution in [0.4, 0.5) is 17.1 Å². The second-order valence-corrected chi connectivity index (χ2v) is 9.50. The third-order valence-electron chi connectivity index (χ3n) is 5.71. The number of carbonyl (C=O) groups is 4. The molecule has 0 aliphatic carbocycles. The number of anilines is 3. The fourth-order valence-corrected chi connectivity index (χ4v) is 4.19. The molecule has 2 N–H and O–H groups in total. The predicted octanol–water partition coefficient (Wildman–Crippen LogP) is 5.56. The molecule has 0 radical (unpaired) electrons. The van der Waals surface area contributed by atoms with Crippen molar-refractivity contribution in [1.82, 2.24) is 0 Å². The van der Waals surface area contributed by atoms with Crippen LogP contribution in [-0.2, 0) is 14.3 Å². The van der Waals surface area contributed by atoms with E-state index in [4.69, 9.17) is 16.3 Å². The number of carbonyl (C=O) groups excluding carboxylic acids is 4. The summed E-state index contributed by atoms with van der Waals surface area (Å²) in [5, 5.41) is 5.41. The number of rotatable bonds is 7. The molecule has 3 aromatic rings. The van der Waals surface area contributed by atoms with Gasteiger partial charge < -0.3 is 15.4 Å². The SMILES string of the molecule is Cc1ccc(N2C(=O)C(Cl)=C(Nc3cccc(C(=O)Nc4cccc(C(=O)OC(C)C)c4)c3)C2=O)c(C)c1. The van der Waals surface area contributed by atoms with E-state index < -0.39 is 23.7 Å². The van der Waals surface area contributed by atoms with E-state index in [9.17, 15) is 19.2 Å². The van der Waals surface area contributed by atoms with Crippen molar-refractivity contribution in [2.45, 2.75) is 33.8 Å². The molecular weight excluding hydrogens is 506 g/mol. The van der Waals surface area contributed by atoms with Crippen molar-refractivity contribution in [3.05, 3.63) is 99.7 Å². The lowest BCUT2D eigenvalue weighted by atomic mass is 10.1. The Bertz CT molecular complexity index is 1500. The zero-order valence-corrected chi connectivity index (χ0v) is 22.1. The zero-order chi connectivity index (χ0) is 27.6. The van der Waals surface area contributed by atoms with Crippen LogP contribution in [0.15, 0.2) is 77.5 Å². The maximum absolute atomic E-state index is 13.2. The van der Waals surface area contributed by atoms with Crippen molar-refractivity contribution in [2.75, 3.05) is 15.5 Å². The number of nitrogens with zero attached hydrogens (tertiary/aromatic N) is 1. The lowest BCUT2D eigenvalue weighted by Crippen LogP contribution is -2.32. The molecule has 8 nitrogen and oxygen atoms in total. The van der Waals surface area contributed by atoms with Gasteiger partial charge >= 0.3 is 5.97 Å². The molecule has 194 valence electrons. The summed E-state index contributed by atoms with van der Waals surface area (Å²) < 4.78 is 5.20. The largest absolute Gasteiger partial charge is 0.459 e. The summed E-state index contributed by atoms with van der Waals surface area (Å²) >= 11 is 6.27. The van der Waals surface area contributed by atoms with Crippen molar-refractivity contribution in [2.24, 2.45) is 0 Å². The average molecular weight is 532 g/mol. The van der Waals surface area contributed by atoms with Crippen LogP contribution < -0.4 is 15.5 Å². The molecule has 0 atom stereocenters. The molecule has 3 aromatic carbocycles. The smallest absolute Gasteiger partial charge is 0.338 e. The van der Waals surface area contributed by atoms with Gasteiger partial charge in [0.1, 0.15) is 10.7 Å². The van der Waals surface area contributed by atoms with Gasteiger partial charge in [0, 0.05) is 16.9 Å². The summed E-state index contributed by atoms with van der Waals surface area (Å²) in [6.45, 7) is 7.24. The molecule has 0 fully saturated rings. The predicted molar refractivity (Wildman–Crippen MR) is 146 cm³/mol. The van der Waals surface area contributed by atoms with Crippen molar-refractivity contribution in [3.63, 3.8) is 0 Å². The molecule has 0 unspecified atom stereocenters. The molecule has 1 heterocycles. The van der Waals surface area contributed by atoms with E-state index in [1.165, 1.54) is 12.1 Å². The van der Waals surface area contributed by atoms with Crippen LogP contribution in [0.1, 0.15) is 45.7 Å². The Balaban J connectivity index is 1.51. The quantitative estimate of drug-likeness (QED) is 0.305. The number of hydrogen-bond acceptors (Lipinski definition) is 6. The van der Waals surface area contributed by atoms with Crippen molar-refractivity contribution in [3.8, 4) is 0 Å². The monoisotopic (exact) mass is 531 g/mol. The van der Waals surface area contributed by atoms with Crippen LogP contribution >= 0.6 is 11.6 Å². The van der Waals surface area contributed by atoms with Crippen LogP contribution in [-0.4, -0.2) is 29.8 Å². The van der Waals surface area contributed by atoms with E-state index in [0.29, 0.717) is 22.6 Å². The number of hydrogen-bond donors (Lipinski definition) is 2. The third-order valence-corrected chi connectivity index (χ3v) is 6.06. The lowest BCUT2D eigenvalue weighted by molar-refractivity contribution is -0.120. The summed E-state index contributed by atoms with van der Waals surface area (Å²) in [5.41, 5.74) is 3.54. The highest BCUT2D eigenvalue weighted by molar-refractivity contribution is 6.53. The van der Waals surface area contributed by atoms with Crippen molar-refractivity contribution >= 4 is 52.4 Å². The summed E-state index contributed by atoms with van der Waals surface area (Å²) in [6, 6.07) is 18.2. The molecule has 0 spiro atoms. The van der Waals surface area contributed by atoms with Gasteiger partial charge in [-0.2, -0.15) is 0 Å². The summed E-state index contributed by atoms with van der Waals surface area (Å²) in [4.78, 5) is 52.2. The van der Waals surface area contributed by atoms with E-state index in [0.717, 1.165) is 16.0 Å². The first kappa shape index (κ1) is 26.6. The van der Waals surface area contributed by atoms with E-state index in [2.05, 4.69) is 10.6 Å². The van der Waals surface area contributed by atoms with Crippen LogP contribution in [0.3, 0.4) is 0 Å². The highest BCUT2D eigenvalue weighted by Gasteiger charge is 2.39. The topological polar surface area (TPSA) is 105 Å². The number of nitrogens with one attached hydrogen (secondary N) is 2. The normalized spacial score (nSPS) is 13.3. The van der Waals surface area contributed by atoms with E-state index >= 15 is 0 Å². The fourth-order valence-electron chi connectivity index (χ4n) is 3.98. The Morgan fingerprint density at radius 1 is 0.868 bits per heavy atom. The fraction of sp³-hybridized carbons (Fsp3) is 0.172. The van der Waals surface area contributed by atoms with Crippen molar-refractivity contribution < 1.29 is 23.9 Å². The van der Waals surface area contributed by atoms with Gasteiger partial charge in [-0.05, 0) is 75.7 Å². The third kappa shape index (κ3) is 5.60. The molecule has 3 amide bonds. The number of imide groups is 1. The molecule has 0 saturated heterocycles. The van der Waals surface area contributed by atoms with Gasteiger partial charge in [0.05, 0.1) is 17.4 Å². The molecule has 4 rings (SSSR count). The first-order valence-corrected chi connectivity index (χ1v) is 12.3. The molecule has 0 aromatic heterocycles. The lowest BCUT2D eigenvalue weighted by Gasteiger charge is -2.18. The summed E-state index contributed by atoms with van der Waals surface area (Å²) in [7, 11) is 0.